The van der Waals surface area contributed by atoms with E-state index < -0.39 is 0 Å². The van der Waals surface area contributed by atoms with E-state index in [0.29, 0.717) is 11.7 Å². The molecule has 2 aromatic rings. The predicted octanol–water partition coefficient (Wildman–Crippen LogP) is 2.30. The maximum absolute atomic E-state index is 8.83. The van der Waals surface area contributed by atoms with Crippen LogP contribution in [0.1, 0.15) is 30.7 Å². The van der Waals surface area contributed by atoms with Crippen molar-refractivity contribution in [2.75, 3.05) is 0 Å². The third-order valence-corrected chi connectivity index (χ3v) is 2.83. The number of nitriles is 1. The average Bonchev–Trinajstić information content (AvgIpc) is 2.84. The lowest BCUT2D eigenvalue weighted by Crippen LogP contribution is -2.21. The smallest absolute Gasteiger partial charge is 0.140 e. The van der Waals surface area contributed by atoms with Crippen molar-refractivity contribution in [2.45, 2.75) is 33.0 Å². The number of aromatic nitrogens is 2. The highest BCUT2D eigenvalue weighted by Crippen LogP contribution is 2.07. The van der Waals surface area contributed by atoms with Crippen molar-refractivity contribution in [3.05, 3.63) is 53.6 Å². The summed E-state index contributed by atoms with van der Waals surface area (Å²) in [6.45, 7) is 5.91. The fraction of sp³-hybridized carbons (Fsp3) is 0.333. The lowest BCUT2D eigenvalue weighted by molar-refractivity contribution is 0.588. The van der Waals surface area contributed by atoms with Crippen LogP contribution in [0.15, 0.2) is 36.8 Å². The Morgan fingerprint density at radius 3 is 2.95 bits per heavy atom. The van der Waals surface area contributed by atoms with Gasteiger partial charge in [0.05, 0.1) is 0 Å². The van der Waals surface area contributed by atoms with Gasteiger partial charge in [0.15, 0.2) is 0 Å². The Morgan fingerprint density at radius 1 is 1.37 bits per heavy atom. The van der Waals surface area contributed by atoms with Gasteiger partial charge in [0.1, 0.15) is 11.8 Å². The minimum atomic E-state index is 0.464. The van der Waals surface area contributed by atoms with Crippen molar-refractivity contribution in [1.29, 1.82) is 5.26 Å². The molecule has 4 nitrogen and oxygen atoms in total. The molecule has 0 atom stereocenters. The summed E-state index contributed by atoms with van der Waals surface area (Å²) in [5.41, 5.74) is 2.82. The molecular weight excluding hydrogens is 236 g/mol. The number of pyridine rings is 1. The van der Waals surface area contributed by atoms with Crippen LogP contribution >= 0.6 is 0 Å². The van der Waals surface area contributed by atoms with Crippen LogP contribution in [0.3, 0.4) is 0 Å². The third-order valence-electron chi connectivity index (χ3n) is 2.83. The summed E-state index contributed by atoms with van der Waals surface area (Å²) in [7, 11) is 0. The molecule has 0 spiro atoms. The molecule has 2 rings (SSSR count). The summed E-state index contributed by atoms with van der Waals surface area (Å²) in [5.74, 6) is 0. The van der Waals surface area contributed by atoms with Gasteiger partial charge in [-0.25, -0.2) is 4.98 Å². The first-order valence-electron chi connectivity index (χ1n) is 6.40. The van der Waals surface area contributed by atoms with E-state index in [4.69, 9.17) is 5.26 Å². The predicted molar refractivity (Wildman–Crippen MR) is 74.5 cm³/mol. The summed E-state index contributed by atoms with van der Waals surface area (Å²) in [4.78, 5) is 3.97. The van der Waals surface area contributed by atoms with Crippen molar-refractivity contribution < 1.29 is 0 Å². The molecule has 0 amide bonds. The van der Waals surface area contributed by atoms with Crippen LogP contribution < -0.4 is 5.32 Å². The van der Waals surface area contributed by atoms with E-state index in [1.165, 1.54) is 5.56 Å². The van der Waals surface area contributed by atoms with Crippen molar-refractivity contribution in [1.82, 2.24) is 14.9 Å². The van der Waals surface area contributed by atoms with Gasteiger partial charge >= 0.3 is 0 Å². The minimum absolute atomic E-state index is 0.464. The zero-order chi connectivity index (χ0) is 13.7. The van der Waals surface area contributed by atoms with Gasteiger partial charge in [-0.05, 0) is 29.3 Å². The molecule has 0 saturated carbocycles. The average molecular weight is 254 g/mol. The minimum Gasteiger partial charge on any atom is -0.350 e. The molecule has 0 aliphatic heterocycles. The molecule has 0 aromatic carbocycles. The van der Waals surface area contributed by atoms with Gasteiger partial charge in [-0.15, -0.1) is 0 Å². The van der Waals surface area contributed by atoms with Gasteiger partial charge < -0.3 is 9.88 Å². The lowest BCUT2D eigenvalue weighted by atomic mass is 10.2. The summed E-state index contributed by atoms with van der Waals surface area (Å²) in [6.07, 6.45) is 5.87. The van der Waals surface area contributed by atoms with E-state index in [2.05, 4.69) is 53.2 Å². The lowest BCUT2D eigenvalue weighted by Gasteiger charge is -2.06. The molecular formula is C15H18N4. The maximum Gasteiger partial charge on any atom is 0.140 e. The second kappa shape index (κ2) is 6.17. The van der Waals surface area contributed by atoms with Crippen molar-refractivity contribution in [3.8, 4) is 6.07 Å². The Balaban J connectivity index is 2.01. The van der Waals surface area contributed by atoms with Gasteiger partial charge in [0.2, 0.25) is 0 Å². The highest BCUT2D eigenvalue weighted by molar-refractivity contribution is 5.26. The van der Waals surface area contributed by atoms with Gasteiger partial charge in [-0.2, -0.15) is 5.26 Å². The number of nitrogens with one attached hydrogen (secondary N) is 1. The molecule has 2 aromatic heterocycles. The Bertz CT molecular complexity index is 578. The molecule has 0 aliphatic rings. The van der Waals surface area contributed by atoms with Crippen molar-refractivity contribution in [2.24, 2.45) is 0 Å². The molecule has 19 heavy (non-hydrogen) atoms. The molecule has 2 heterocycles. The Hall–Kier alpha value is -2.12. The standard InChI is InChI=1S/C15H18N4/c1-12(2)18-9-14-4-6-19(11-14)10-13-3-5-17-15(7-13)8-16/h3-7,11-12,18H,9-10H2,1-2H3. The van der Waals surface area contributed by atoms with E-state index in [1.807, 2.05) is 12.1 Å². The Labute approximate surface area is 113 Å². The Morgan fingerprint density at radius 2 is 2.21 bits per heavy atom. The van der Waals surface area contributed by atoms with Crippen LogP contribution in [0.25, 0.3) is 0 Å². The van der Waals surface area contributed by atoms with Crippen LogP contribution in [0.4, 0.5) is 0 Å². The van der Waals surface area contributed by atoms with Crippen molar-refractivity contribution in [3.63, 3.8) is 0 Å². The van der Waals surface area contributed by atoms with E-state index in [1.54, 1.807) is 6.20 Å². The first-order chi connectivity index (χ1) is 9.17. The van der Waals surface area contributed by atoms with Crippen LogP contribution in [0, 0.1) is 11.3 Å². The fourth-order valence-corrected chi connectivity index (χ4v) is 1.86. The van der Waals surface area contributed by atoms with Crippen LogP contribution in [-0.2, 0) is 13.1 Å². The van der Waals surface area contributed by atoms with Gasteiger partial charge in [-0.3, -0.25) is 0 Å². The first kappa shape index (κ1) is 13.3. The SMILES string of the molecule is CC(C)NCc1ccn(Cc2ccnc(C#N)c2)c1. The van der Waals surface area contributed by atoms with Crippen molar-refractivity contribution >= 4 is 0 Å². The molecule has 0 fully saturated rings. The molecule has 4 heteroatoms. The Kier molecular flexibility index (Phi) is 4.32. The highest BCUT2D eigenvalue weighted by Gasteiger charge is 2.01. The second-order valence-electron chi connectivity index (χ2n) is 4.89. The number of hydrogen-bond acceptors (Lipinski definition) is 3. The largest absolute Gasteiger partial charge is 0.350 e. The summed E-state index contributed by atoms with van der Waals surface area (Å²) in [6, 6.07) is 8.42. The topological polar surface area (TPSA) is 53.6 Å². The molecule has 1 N–H and O–H groups in total. The van der Waals surface area contributed by atoms with E-state index >= 15 is 0 Å². The summed E-state index contributed by atoms with van der Waals surface area (Å²) >= 11 is 0. The third kappa shape index (κ3) is 3.94. The quantitative estimate of drug-likeness (QED) is 0.890. The van der Waals surface area contributed by atoms with E-state index in [-0.39, 0.29) is 0 Å². The normalized spacial score (nSPS) is 10.6. The second-order valence-corrected chi connectivity index (χ2v) is 4.89. The van der Waals surface area contributed by atoms with E-state index in [0.717, 1.165) is 18.7 Å². The fourth-order valence-electron chi connectivity index (χ4n) is 1.86. The summed E-state index contributed by atoms with van der Waals surface area (Å²) in [5, 5.41) is 12.2. The van der Waals surface area contributed by atoms with Crippen LogP contribution in [0.2, 0.25) is 0 Å². The van der Waals surface area contributed by atoms with Crippen LogP contribution in [-0.4, -0.2) is 15.6 Å². The highest BCUT2D eigenvalue weighted by atomic mass is 14.9. The molecule has 98 valence electrons. The molecule has 0 saturated heterocycles. The zero-order valence-corrected chi connectivity index (χ0v) is 11.3. The first-order valence-corrected chi connectivity index (χ1v) is 6.40. The zero-order valence-electron chi connectivity index (χ0n) is 11.3. The summed E-state index contributed by atoms with van der Waals surface area (Å²) < 4.78 is 2.12. The number of hydrogen-bond donors (Lipinski definition) is 1. The maximum atomic E-state index is 8.83. The monoisotopic (exact) mass is 254 g/mol. The molecule has 0 bridgehead atoms. The van der Waals surface area contributed by atoms with E-state index in [9.17, 15) is 0 Å². The number of rotatable bonds is 5. The van der Waals surface area contributed by atoms with Gasteiger partial charge in [-0.1, -0.05) is 13.8 Å². The van der Waals surface area contributed by atoms with Crippen LogP contribution in [0.5, 0.6) is 0 Å². The number of nitrogens with zero attached hydrogens (tertiary/aromatic N) is 3. The molecule has 0 unspecified atom stereocenters. The molecule has 0 aliphatic carbocycles. The molecule has 0 radical (unpaired) electrons. The van der Waals surface area contributed by atoms with Gasteiger partial charge in [0.25, 0.3) is 0 Å². The van der Waals surface area contributed by atoms with Gasteiger partial charge in [0, 0.05) is 37.7 Å².